The summed E-state index contributed by atoms with van der Waals surface area (Å²) in [4.78, 5) is 12.3. The minimum absolute atomic E-state index is 0.0326. The van der Waals surface area contributed by atoms with Gasteiger partial charge in [0.05, 0.1) is 15.3 Å². The standard InChI is InChI=1S/C11H16BrNO2S/c1-2-3-7-15-8-6-13-11(14)9-4-5-10(12)16-9/h4-5H,2-3,6-8H2,1H3,(H,13,14). The molecule has 3 nitrogen and oxygen atoms in total. The van der Waals surface area contributed by atoms with Crippen molar-refractivity contribution in [2.45, 2.75) is 19.8 Å². The lowest BCUT2D eigenvalue weighted by Crippen LogP contribution is -2.26. The predicted octanol–water partition coefficient (Wildman–Crippen LogP) is 3.06. The van der Waals surface area contributed by atoms with Crippen molar-refractivity contribution in [3.8, 4) is 0 Å². The van der Waals surface area contributed by atoms with Gasteiger partial charge in [0.25, 0.3) is 5.91 Å². The number of hydrogen-bond donors (Lipinski definition) is 1. The van der Waals surface area contributed by atoms with Crippen molar-refractivity contribution in [3.63, 3.8) is 0 Å². The van der Waals surface area contributed by atoms with E-state index < -0.39 is 0 Å². The Morgan fingerprint density at radius 1 is 1.50 bits per heavy atom. The number of halogens is 1. The zero-order valence-electron chi connectivity index (χ0n) is 9.29. The Kier molecular flexibility index (Phi) is 6.68. The highest BCUT2D eigenvalue weighted by Gasteiger charge is 2.06. The van der Waals surface area contributed by atoms with E-state index in [1.165, 1.54) is 11.3 Å². The minimum atomic E-state index is -0.0326. The van der Waals surface area contributed by atoms with Gasteiger partial charge in [0.1, 0.15) is 0 Å². The summed E-state index contributed by atoms with van der Waals surface area (Å²) in [5, 5.41) is 2.81. The van der Waals surface area contributed by atoms with Gasteiger partial charge in [-0.2, -0.15) is 0 Å². The van der Waals surface area contributed by atoms with Crippen LogP contribution in [0.5, 0.6) is 0 Å². The lowest BCUT2D eigenvalue weighted by molar-refractivity contribution is 0.0916. The van der Waals surface area contributed by atoms with Crippen molar-refractivity contribution in [3.05, 3.63) is 20.8 Å². The summed E-state index contributed by atoms with van der Waals surface area (Å²) in [5.41, 5.74) is 0. The van der Waals surface area contributed by atoms with E-state index in [1.54, 1.807) is 0 Å². The maximum absolute atomic E-state index is 11.6. The van der Waals surface area contributed by atoms with Crippen LogP contribution in [0, 0.1) is 0 Å². The topological polar surface area (TPSA) is 38.3 Å². The summed E-state index contributed by atoms with van der Waals surface area (Å²) in [7, 11) is 0. The second kappa shape index (κ2) is 7.81. The molecule has 1 rings (SSSR count). The van der Waals surface area contributed by atoms with Crippen molar-refractivity contribution < 1.29 is 9.53 Å². The summed E-state index contributed by atoms with van der Waals surface area (Å²) >= 11 is 4.76. The molecule has 0 fully saturated rings. The molecule has 0 aliphatic rings. The molecule has 1 aromatic heterocycles. The normalized spacial score (nSPS) is 10.4. The molecule has 1 amide bonds. The van der Waals surface area contributed by atoms with Crippen molar-refractivity contribution in [1.29, 1.82) is 0 Å². The Morgan fingerprint density at radius 2 is 2.31 bits per heavy atom. The number of carbonyl (C=O) groups is 1. The maximum atomic E-state index is 11.6. The van der Waals surface area contributed by atoms with Gasteiger partial charge >= 0.3 is 0 Å². The molecule has 0 radical (unpaired) electrons. The Hall–Kier alpha value is -0.390. The first-order valence-electron chi connectivity index (χ1n) is 5.35. The van der Waals surface area contributed by atoms with Crippen LogP contribution in [0.2, 0.25) is 0 Å². The third kappa shape index (κ3) is 5.09. The first-order valence-corrected chi connectivity index (χ1v) is 6.96. The van der Waals surface area contributed by atoms with Gasteiger partial charge in [-0.1, -0.05) is 13.3 Å². The highest BCUT2D eigenvalue weighted by molar-refractivity contribution is 9.11. The smallest absolute Gasteiger partial charge is 0.261 e. The first-order chi connectivity index (χ1) is 7.74. The molecule has 5 heteroatoms. The van der Waals surface area contributed by atoms with Crippen LogP contribution in [0.3, 0.4) is 0 Å². The van der Waals surface area contributed by atoms with Crippen LogP contribution in [0.1, 0.15) is 29.4 Å². The van der Waals surface area contributed by atoms with Crippen LogP contribution in [-0.4, -0.2) is 25.7 Å². The molecule has 90 valence electrons. The summed E-state index contributed by atoms with van der Waals surface area (Å²) in [6.07, 6.45) is 2.21. The molecule has 0 unspecified atom stereocenters. The number of rotatable bonds is 7. The molecule has 0 bridgehead atoms. The van der Waals surface area contributed by atoms with Gasteiger partial charge in [0, 0.05) is 13.2 Å². The van der Waals surface area contributed by atoms with Crippen LogP contribution >= 0.6 is 27.3 Å². The molecule has 1 N–H and O–H groups in total. The summed E-state index contributed by atoms with van der Waals surface area (Å²) in [6.45, 7) is 4.05. The van der Waals surface area contributed by atoms with Crippen molar-refractivity contribution >= 4 is 33.2 Å². The summed E-state index contributed by atoms with van der Waals surface area (Å²) in [6, 6.07) is 3.68. The molecule has 0 atom stereocenters. The van der Waals surface area contributed by atoms with Gasteiger partial charge in [-0.15, -0.1) is 11.3 Å². The molecule has 0 spiro atoms. The third-order valence-electron chi connectivity index (χ3n) is 1.97. The van der Waals surface area contributed by atoms with Crippen molar-refractivity contribution in [1.82, 2.24) is 5.32 Å². The van der Waals surface area contributed by atoms with E-state index in [4.69, 9.17) is 4.74 Å². The number of unbranched alkanes of at least 4 members (excludes halogenated alkanes) is 1. The van der Waals surface area contributed by atoms with Crippen molar-refractivity contribution in [2.24, 2.45) is 0 Å². The zero-order valence-corrected chi connectivity index (χ0v) is 11.7. The fourth-order valence-corrected chi connectivity index (χ4v) is 2.41. The van der Waals surface area contributed by atoms with E-state index in [9.17, 15) is 4.79 Å². The molecule has 0 aromatic carbocycles. The Morgan fingerprint density at radius 3 is 2.94 bits per heavy atom. The van der Waals surface area contributed by atoms with Gasteiger partial charge in [0.15, 0.2) is 0 Å². The molecule has 0 aliphatic carbocycles. The number of carbonyl (C=O) groups excluding carboxylic acids is 1. The lowest BCUT2D eigenvalue weighted by atomic mass is 10.4. The zero-order chi connectivity index (χ0) is 11.8. The van der Waals surface area contributed by atoms with Crippen LogP contribution in [0.25, 0.3) is 0 Å². The molecular weight excluding hydrogens is 290 g/mol. The number of amides is 1. The number of ether oxygens (including phenoxy) is 1. The maximum Gasteiger partial charge on any atom is 0.261 e. The van der Waals surface area contributed by atoms with E-state index in [0.29, 0.717) is 13.2 Å². The molecule has 1 heterocycles. The van der Waals surface area contributed by atoms with Gasteiger partial charge in [-0.05, 0) is 34.5 Å². The van der Waals surface area contributed by atoms with Gasteiger partial charge in [-0.25, -0.2) is 0 Å². The number of hydrogen-bond acceptors (Lipinski definition) is 3. The quantitative estimate of drug-likeness (QED) is 0.786. The predicted molar refractivity (Wildman–Crippen MR) is 70.1 cm³/mol. The van der Waals surface area contributed by atoms with E-state index in [0.717, 1.165) is 28.1 Å². The average molecular weight is 306 g/mol. The van der Waals surface area contributed by atoms with E-state index in [1.807, 2.05) is 12.1 Å². The molecule has 0 saturated heterocycles. The van der Waals surface area contributed by atoms with E-state index in [-0.39, 0.29) is 5.91 Å². The highest BCUT2D eigenvalue weighted by Crippen LogP contribution is 2.21. The fraction of sp³-hybridized carbons (Fsp3) is 0.545. The van der Waals surface area contributed by atoms with Crippen LogP contribution in [0.4, 0.5) is 0 Å². The second-order valence-electron chi connectivity index (χ2n) is 3.33. The van der Waals surface area contributed by atoms with E-state index >= 15 is 0 Å². The minimum Gasteiger partial charge on any atom is -0.380 e. The van der Waals surface area contributed by atoms with Crippen LogP contribution < -0.4 is 5.32 Å². The SMILES string of the molecule is CCCCOCCNC(=O)c1ccc(Br)s1. The fourth-order valence-electron chi connectivity index (χ4n) is 1.11. The Labute approximate surface area is 108 Å². The largest absolute Gasteiger partial charge is 0.380 e. The van der Waals surface area contributed by atoms with Gasteiger partial charge in [-0.3, -0.25) is 4.79 Å². The Bertz CT molecular complexity index is 328. The molecule has 16 heavy (non-hydrogen) atoms. The van der Waals surface area contributed by atoms with Gasteiger partial charge in [0.2, 0.25) is 0 Å². The average Bonchev–Trinajstić information content (AvgIpc) is 2.70. The third-order valence-corrected chi connectivity index (χ3v) is 3.59. The van der Waals surface area contributed by atoms with Crippen LogP contribution in [-0.2, 0) is 4.74 Å². The first kappa shape index (κ1) is 13.7. The summed E-state index contributed by atoms with van der Waals surface area (Å²) < 4.78 is 6.31. The molecular formula is C11H16BrNO2S. The molecule has 0 aliphatic heterocycles. The van der Waals surface area contributed by atoms with Crippen molar-refractivity contribution in [2.75, 3.05) is 19.8 Å². The number of nitrogens with one attached hydrogen (secondary N) is 1. The monoisotopic (exact) mass is 305 g/mol. The molecule has 1 aromatic rings. The number of thiophene rings is 1. The molecule has 0 saturated carbocycles. The lowest BCUT2D eigenvalue weighted by Gasteiger charge is -2.04. The van der Waals surface area contributed by atoms with Gasteiger partial charge < -0.3 is 10.1 Å². The Balaban J connectivity index is 2.11. The van der Waals surface area contributed by atoms with E-state index in [2.05, 4.69) is 28.2 Å². The summed E-state index contributed by atoms with van der Waals surface area (Å²) in [5.74, 6) is -0.0326. The highest BCUT2D eigenvalue weighted by atomic mass is 79.9. The second-order valence-corrected chi connectivity index (χ2v) is 5.79. The van der Waals surface area contributed by atoms with Crippen LogP contribution in [0.15, 0.2) is 15.9 Å².